The minimum absolute atomic E-state index is 0. The fourth-order valence-corrected chi connectivity index (χ4v) is 4.51. The van der Waals surface area contributed by atoms with Gasteiger partial charge in [-0.2, -0.15) is 0 Å². The van der Waals surface area contributed by atoms with Gasteiger partial charge in [-0.15, -0.1) is 35.7 Å². The number of quaternary nitrogens is 1. The molecule has 1 saturated heterocycles. The van der Waals surface area contributed by atoms with Gasteiger partial charge in [-0.3, -0.25) is 9.69 Å². The molecule has 2 aliphatic rings. The highest BCUT2D eigenvalue weighted by molar-refractivity contribution is 14.0. The molecule has 0 saturated carbocycles. The summed E-state index contributed by atoms with van der Waals surface area (Å²) in [6, 6.07) is -0.653. The summed E-state index contributed by atoms with van der Waals surface area (Å²) in [6.07, 6.45) is 4.00. The molecule has 0 aromatic carbocycles. The molecule has 2 atom stereocenters. The number of carboxylic acid groups (broad SMARTS) is 1. The first-order valence-electron chi connectivity index (χ1n) is 9.92. The lowest BCUT2D eigenvalue weighted by Gasteiger charge is -2.49. The molecule has 0 aromatic heterocycles. The molecule has 0 unspecified atom stereocenters. The van der Waals surface area contributed by atoms with Gasteiger partial charge in [0.15, 0.2) is 0 Å². The van der Waals surface area contributed by atoms with Crippen LogP contribution in [0.4, 0.5) is 4.79 Å². The van der Waals surface area contributed by atoms with Crippen molar-refractivity contribution >= 4 is 53.7 Å². The molecular weight excluding hydrogens is 535 g/mol. The number of amides is 2. The Labute approximate surface area is 205 Å². The SMILES string of the molecule is CC(C)(C)OC(=O)NCCC[N+](C)(C)CC=CC1=C(C(=O)[O-])N2C(=O)[C@@H](N)[C@H]2SC1.I. The van der Waals surface area contributed by atoms with Crippen molar-refractivity contribution in [1.82, 2.24) is 10.2 Å². The molecule has 0 bridgehead atoms. The molecule has 11 heteroatoms. The molecule has 2 aliphatic heterocycles. The van der Waals surface area contributed by atoms with Crippen LogP contribution >= 0.6 is 35.7 Å². The number of carbonyl (C=O) groups excluding carboxylic acids is 3. The number of thioether (sulfide) groups is 1. The number of carbonyl (C=O) groups is 3. The Morgan fingerprint density at radius 2 is 2.03 bits per heavy atom. The number of alkyl carbamates (subject to hydrolysis) is 1. The van der Waals surface area contributed by atoms with Gasteiger partial charge in [-0.05, 0) is 32.4 Å². The van der Waals surface area contributed by atoms with E-state index in [9.17, 15) is 19.5 Å². The van der Waals surface area contributed by atoms with Gasteiger partial charge in [0.1, 0.15) is 17.0 Å². The number of carboxylic acids is 1. The van der Waals surface area contributed by atoms with Crippen LogP contribution in [0.15, 0.2) is 23.4 Å². The molecule has 2 rings (SSSR count). The predicted octanol–water partition coefficient (Wildman–Crippen LogP) is 0.398. The lowest BCUT2D eigenvalue weighted by molar-refractivity contribution is -0.884. The van der Waals surface area contributed by atoms with E-state index < -0.39 is 23.7 Å². The minimum atomic E-state index is -1.36. The van der Waals surface area contributed by atoms with Crippen molar-refractivity contribution < 1.29 is 28.7 Å². The summed E-state index contributed by atoms with van der Waals surface area (Å²) in [5, 5.41) is 14.0. The lowest BCUT2D eigenvalue weighted by atomic mass is 10.0. The van der Waals surface area contributed by atoms with Crippen molar-refractivity contribution in [1.29, 1.82) is 0 Å². The van der Waals surface area contributed by atoms with Crippen LogP contribution in [0, 0.1) is 0 Å². The molecular formula is C20H33IN4O5S. The highest BCUT2D eigenvalue weighted by Gasteiger charge is 2.49. The van der Waals surface area contributed by atoms with Crippen molar-refractivity contribution in [2.24, 2.45) is 5.73 Å². The summed E-state index contributed by atoms with van der Waals surface area (Å²) in [5.41, 5.74) is 5.71. The van der Waals surface area contributed by atoms with E-state index in [-0.39, 0.29) is 41.0 Å². The van der Waals surface area contributed by atoms with Crippen LogP contribution in [0.2, 0.25) is 0 Å². The van der Waals surface area contributed by atoms with Crippen LogP contribution in [0.5, 0.6) is 0 Å². The maximum atomic E-state index is 12.0. The van der Waals surface area contributed by atoms with Crippen LogP contribution in [0.3, 0.4) is 0 Å². The van der Waals surface area contributed by atoms with Crippen LogP contribution in [0.1, 0.15) is 27.2 Å². The van der Waals surface area contributed by atoms with Gasteiger partial charge in [0.2, 0.25) is 5.91 Å². The number of nitrogens with one attached hydrogen (secondary N) is 1. The van der Waals surface area contributed by atoms with Crippen molar-refractivity contribution in [3.63, 3.8) is 0 Å². The third-order valence-electron chi connectivity index (χ3n) is 4.76. The Morgan fingerprint density at radius 3 is 2.61 bits per heavy atom. The van der Waals surface area contributed by atoms with Crippen molar-refractivity contribution in [2.45, 2.75) is 44.2 Å². The van der Waals surface area contributed by atoms with Gasteiger partial charge in [-0.1, -0.05) is 6.08 Å². The number of hydrogen-bond donors (Lipinski definition) is 2. The Bertz CT molecular complexity index is 763. The zero-order valence-corrected chi connectivity index (χ0v) is 21.8. The summed E-state index contributed by atoms with van der Waals surface area (Å²) >= 11 is 1.46. The molecule has 2 amide bonds. The summed E-state index contributed by atoms with van der Waals surface area (Å²) in [5.74, 6) is -1.28. The van der Waals surface area contributed by atoms with E-state index in [0.29, 0.717) is 28.9 Å². The second kappa shape index (κ2) is 11.0. The van der Waals surface area contributed by atoms with Crippen molar-refractivity contribution in [2.75, 3.05) is 39.5 Å². The number of aliphatic carboxylic acids is 1. The topological polar surface area (TPSA) is 125 Å². The van der Waals surface area contributed by atoms with Crippen LogP contribution in [-0.2, 0) is 14.3 Å². The summed E-state index contributed by atoms with van der Waals surface area (Å²) in [7, 11) is 4.10. The standard InChI is InChI=1S/C20H32N4O5S.HI/c1-20(2,3)29-19(28)22-9-7-11-24(4,5)10-6-8-13-12-30-17-14(21)16(25)23(17)15(13)18(26)27;/h6,8,14,17H,7,9-12,21H2,1-5H3,(H-,22,26,27,28);1H/t14-,17-;/m1./s1. The monoisotopic (exact) mass is 568 g/mol. The Hall–Kier alpha value is -1.31. The Balaban J connectivity index is 0.00000480. The average molecular weight is 568 g/mol. The summed E-state index contributed by atoms with van der Waals surface area (Å²) in [4.78, 5) is 36.4. The van der Waals surface area contributed by atoms with E-state index in [0.717, 1.165) is 13.0 Å². The van der Waals surface area contributed by atoms with E-state index in [1.807, 2.05) is 26.8 Å². The number of allylic oxidation sites excluding steroid dienone is 1. The first-order valence-corrected chi connectivity index (χ1v) is 11.0. The average Bonchev–Trinajstić information content (AvgIpc) is 2.62. The molecule has 2 heterocycles. The largest absolute Gasteiger partial charge is 0.543 e. The first-order chi connectivity index (χ1) is 13.8. The van der Waals surface area contributed by atoms with Crippen LogP contribution in [-0.4, -0.2) is 83.9 Å². The quantitative estimate of drug-likeness (QED) is 0.188. The zero-order valence-electron chi connectivity index (χ0n) is 18.7. The van der Waals surface area contributed by atoms with E-state index in [1.54, 1.807) is 6.08 Å². The maximum Gasteiger partial charge on any atom is 0.407 e. The molecule has 0 aliphatic carbocycles. The van der Waals surface area contributed by atoms with Gasteiger partial charge in [0, 0.05) is 18.7 Å². The number of fused-ring (bicyclic) bond motifs is 1. The predicted molar refractivity (Wildman–Crippen MR) is 128 cm³/mol. The Kier molecular flexibility index (Phi) is 9.85. The summed E-state index contributed by atoms with van der Waals surface area (Å²) in [6.45, 7) is 7.43. The van der Waals surface area contributed by atoms with E-state index >= 15 is 0 Å². The number of rotatable bonds is 8. The molecule has 0 aromatic rings. The molecule has 0 radical (unpaired) electrons. The van der Waals surface area contributed by atoms with Crippen LogP contribution in [0.25, 0.3) is 0 Å². The highest BCUT2D eigenvalue weighted by Crippen LogP contribution is 2.39. The fraction of sp³-hybridized carbons (Fsp3) is 0.650. The lowest BCUT2D eigenvalue weighted by Crippen LogP contribution is -2.69. The molecule has 0 spiro atoms. The number of hydrogen-bond acceptors (Lipinski definition) is 7. The third kappa shape index (κ3) is 7.65. The third-order valence-corrected chi connectivity index (χ3v) is 6.08. The van der Waals surface area contributed by atoms with Gasteiger partial charge in [-0.25, -0.2) is 4.79 Å². The molecule has 3 N–H and O–H groups in total. The van der Waals surface area contributed by atoms with Crippen LogP contribution < -0.4 is 16.2 Å². The Morgan fingerprint density at radius 1 is 1.39 bits per heavy atom. The second-order valence-corrected chi connectivity index (χ2v) is 10.2. The van der Waals surface area contributed by atoms with Crippen molar-refractivity contribution in [3.05, 3.63) is 23.4 Å². The molecule has 31 heavy (non-hydrogen) atoms. The zero-order chi connectivity index (χ0) is 22.7. The van der Waals surface area contributed by atoms with Gasteiger partial charge < -0.3 is 30.2 Å². The molecule has 176 valence electrons. The first kappa shape index (κ1) is 27.7. The smallest absolute Gasteiger partial charge is 0.407 e. The van der Waals surface area contributed by atoms with E-state index in [4.69, 9.17) is 10.5 Å². The fourth-order valence-electron chi connectivity index (χ4n) is 3.24. The van der Waals surface area contributed by atoms with E-state index in [1.165, 1.54) is 16.7 Å². The number of likely N-dealkylation sites (N-methyl/N-ethyl adjacent to an activating group) is 1. The summed E-state index contributed by atoms with van der Waals surface area (Å²) < 4.78 is 5.86. The number of ether oxygens (including phenoxy) is 1. The second-order valence-electron chi connectivity index (χ2n) is 9.12. The minimum Gasteiger partial charge on any atom is -0.543 e. The number of nitrogens with zero attached hydrogens (tertiary/aromatic N) is 2. The normalized spacial score (nSPS) is 21.4. The van der Waals surface area contributed by atoms with Crippen molar-refractivity contribution in [3.8, 4) is 0 Å². The van der Waals surface area contributed by atoms with Gasteiger partial charge >= 0.3 is 6.09 Å². The van der Waals surface area contributed by atoms with E-state index in [2.05, 4.69) is 19.4 Å². The highest BCUT2D eigenvalue weighted by atomic mass is 127. The number of nitrogens with two attached hydrogens (primary N) is 1. The molecule has 9 nitrogen and oxygen atoms in total. The maximum absolute atomic E-state index is 12.0. The number of halogens is 1. The van der Waals surface area contributed by atoms with Gasteiger partial charge in [0.25, 0.3) is 0 Å². The molecule has 1 fully saturated rings. The van der Waals surface area contributed by atoms with Gasteiger partial charge in [0.05, 0.1) is 38.9 Å². The number of β-lactam (4-membered cyclic amide) rings is 1.